The normalized spacial score (nSPS) is 14.8. The van der Waals surface area contributed by atoms with Crippen LogP contribution in [-0.2, 0) is 16.1 Å². The van der Waals surface area contributed by atoms with E-state index in [-0.39, 0.29) is 29.4 Å². The van der Waals surface area contributed by atoms with Gasteiger partial charge in [-0.25, -0.2) is 9.78 Å². The van der Waals surface area contributed by atoms with E-state index < -0.39 is 0 Å². The lowest BCUT2D eigenvalue weighted by atomic mass is 10.1. The summed E-state index contributed by atoms with van der Waals surface area (Å²) in [4.78, 5) is 46.8. The summed E-state index contributed by atoms with van der Waals surface area (Å²) >= 11 is 1.29. The van der Waals surface area contributed by atoms with Crippen LogP contribution in [-0.4, -0.2) is 62.9 Å². The Morgan fingerprint density at radius 3 is 2.72 bits per heavy atom. The van der Waals surface area contributed by atoms with Crippen LogP contribution < -0.4 is 10.9 Å². The van der Waals surface area contributed by atoms with E-state index >= 15 is 0 Å². The molecule has 10 heteroatoms. The fraction of sp³-hybridized carbons (Fsp3) is 0.636. The van der Waals surface area contributed by atoms with Gasteiger partial charge in [0, 0.05) is 31.4 Å². The Morgan fingerprint density at radius 1 is 1.34 bits per heavy atom. The summed E-state index contributed by atoms with van der Waals surface area (Å²) in [6.45, 7) is 9.97. The van der Waals surface area contributed by atoms with Crippen LogP contribution in [0.15, 0.2) is 16.0 Å². The summed E-state index contributed by atoms with van der Waals surface area (Å²) in [5, 5.41) is 3.61. The molecule has 2 N–H and O–H groups in total. The highest BCUT2D eigenvalue weighted by atomic mass is 32.2. The van der Waals surface area contributed by atoms with E-state index in [1.807, 2.05) is 13.0 Å². The lowest BCUT2D eigenvalue weighted by molar-refractivity contribution is -0.119. The van der Waals surface area contributed by atoms with Crippen molar-refractivity contribution in [3.05, 3.63) is 22.1 Å². The molecule has 0 spiro atoms. The number of carbonyl (C=O) groups is 2. The zero-order valence-electron chi connectivity index (χ0n) is 19.3. The second-order valence-corrected chi connectivity index (χ2v) is 9.51. The monoisotopic (exact) mass is 463 g/mol. The number of carbonyl (C=O) groups excluding carboxylic acids is 2. The average Bonchev–Trinajstić information content (AvgIpc) is 3.12. The van der Waals surface area contributed by atoms with Crippen LogP contribution >= 0.6 is 11.8 Å². The van der Waals surface area contributed by atoms with E-state index in [0.717, 1.165) is 12.1 Å². The smallest absolute Gasteiger partial charge is 0.409 e. The van der Waals surface area contributed by atoms with Crippen molar-refractivity contribution < 1.29 is 14.3 Å². The number of aromatic amines is 1. The molecular weight excluding hydrogens is 430 g/mol. The van der Waals surface area contributed by atoms with E-state index in [1.165, 1.54) is 11.8 Å². The maximum absolute atomic E-state index is 13.0. The van der Waals surface area contributed by atoms with Gasteiger partial charge in [0.2, 0.25) is 5.91 Å². The highest BCUT2D eigenvalue weighted by Crippen LogP contribution is 2.20. The fourth-order valence-corrected chi connectivity index (χ4v) is 4.56. The first-order valence-corrected chi connectivity index (χ1v) is 12.2. The maximum atomic E-state index is 13.0. The molecule has 3 rings (SSSR count). The third kappa shape index (κ3) is 6.05. The summed E-state index contributed by atoms with van der Waals surface area (Å²) in [6, 6.07) is 1.88. The zero-order chi connectivity index (χ0) is 23.3. The standard InChI is InChI=1S/C22H33N5O4S/c1-5-31-22(30)26-9-7-16(8-10-26)24-18(28)13-32-21-25-17-12-15(4)23-19(17)20(29)27(21)11-6-14(2)3/h12,14,16,23H,5-11,13H2,1-4H3,(H,24,28). The van der Waals surface area contributed by atoms with Crippen molar-refractivity contribution in [2.45, 2.75) is 64.7 Å². The summed E-state index contributed by atoms with van der Waals surface area (Å²) in [5.41, 5.74) is 1.92. The van der Waals surface area contributed by atoms with Gasteiger partial charge in [0.1, 0.15) is 5.52 Å². The van der Waals surface area contributed by atoms with Crippen LogP contribution in [0.4, 0.5) is 4.79 Å². The number of rotatable bonds is 8. The predicted octanol–water partition coefficient (Wildman–Crippen LogP) is 2.91. The van der Waals surface area contributed by atoms with E-state index in [4.69, 9.17) is 4.74 Å². The first-order valence-electron chi connectivity index (χ1n) is 11.2. The lowest BCUT2D eigenvalue weighted by Crippen LogP contribution is -2.47. The predicted molar refractivity (Wildman–Crippen MR) is 125 cm³/mol. The zero-order valence-corrected chi connectivity index (χ0v) is 20.1. The largest absolute Gasteiger partial charge is 0.450 e. The molecule has 2 aromatic heterocycles. The molecule has 176 valence electrons. The number of amides is 2. The Balaban J connectivity index is 1.61. The summed E-state index contributed by atoms with van der Waals surface area (Å²) < 4.78 is 6.71. The average molecular weight is 464 g/mol. The topological polar surface area (TPSA) is 109 Å². The van der Waals surface area contributed by atoms with Crippen LogP contribution in [0.1, 0.15) is 45.7 Å². The fourth-order valence-electron chi connectivity index (χ4n) is 3.73. The first kappa shape index (κ1) is 24.2. The molecule has 1 aliphatic rings. The molecule has 2 aromatic rings. The molecule has 9 nitrogen and oxygen atoms in total. The van der Waals surface area contributed by atoms with Gasteiger partial charge in [0.15, 0.2) is 5.16 Å². The summed E-state index contributed by atoms with van der Waals surface area (Å²) in [6.07, 6.45) is 1.95. The lowest BCUT2D eigenvalue weighted by Gasteiger charge is -2.31. The van der Waals surface area contributed by atoms with Crippen molar-refractivity contribution in [1.29, 1.82) is 0 Å². The molecule has 3 heterocycles. The maximum Gasteiger partial charge on any atom is 0.409 e. The number of hydrogen-bond donors (Lipinski definition) is 2. The number of H-pyrrole nitrogens is 1. The number of ether oxygens (including phenoxy) is 1. The molecule has 1 saturated heterocycles. The molecular formula is C22H33N5O4S. The minimum Gasteiger partial charge on any atom is -0.450 e. The highest BCUT2D eigenvalue weighted by molar-refractivity contribution is 7.99. The molecule has 0 unspecified atom stereocenters. The van der Waals surface area contributed by atoms with Crippen molar-refractivity contribution >= 4 is 34.8 Å². The number of nitrogens with one attached hydrogen (secondary N) is 2. The van der Waals surface area contributed by atoms with Gasteiger partial charge in [-0.05, 0) is 45.1 Å². The van der Waals surface area contributed by atoms with Crippen LogP contribution in [0, 0.1) is 12.8 Å². The number of aromatic nitrogens is 3. The van der Waals surface area contributed by atoms with Gasteiger partial charge in [-0.3, -0.25) is 14.2 Å². The van der Waals surface area contributed by atoms with Gasteiger partial charge < -0.3 is 19.9 Å². The molecule has 0 aromatic carbocycles. The van der Waals surface area contributed by atoms with E-state index in [9.17, 15) is 14.4 Å². The second kappa shape index (κ2) is 10.9. The second-order valence-electron chi connectivity index (χ2n) is 8.56. The van der Waals surface area contributed by atoms with Gasteiger partial charge in [0.25, 0.3) is 5.56 Å². The number of nitrogens with zero attached hydrogens (tertiary/aromatic N) is 3. The van der Waals surface area contributed by atoms with E-state index in [0.29, 0.717) is 61.2 Å². The molecule has 32 heavy (non-hydrogen) atoms. The molecule has 2 amide bonds. The van der Waals surface area contributed by atoms with Gasteiger partial charge in [-0.1, -0.05) is 25.6 Å². The van der Waals surface area contributed by atoms with Gasteiger partial charge in [-0.15, -0.1) is 0 Å². The molecule has 0 saturated carbocycles. The quantitative estimate of drug-likeness (QED) is 0.460. The number of fused-ring (bicyclic) bond motifs is 1. The van der Waals surface area contributed by atoms with Crippen LogP contribution in [0.25, 0.3) is 11.0 Å². The molecule has 1 aliphatic heterocycles. The highest BCUT2D eigenvalue weighted by Gasteiger charge is 2.25. The SMILES string of the molecule is CCOC(=O)N1CCC(NC(=O)CSc2nc3cc(C)[nH]c3c(=O)n2CCC(C)C)CC1. The van der Waals surface area contributed by atoms with Crippen LogP contribution in [0.5, 0.6) is 0 Å². The Labute approximate surface area is 192 Å². The number of likely N-dealkylation sites (tertiary alicyclic amines) is 1. The van der Waals surface area contributed by atoms with Crippen molar-refractivity contribution in [2.24, 2.45) is 5.92 Å². The van der Waals surface area contributed by atoms with E-state index in [1.54, 1.807) is 16.4 Å². The minimum atomic E-state index is -0.298. The van der Waals surface area contributed by atoms with Crippen molar-refractivity contribution in [2.75, 3.05) is 25.4 Å². The molecule has 0 atom stereocenters. The number of aryl methyl sites for hydroxylation is 1. The minimum absolute atomic E-state index is 0.0275. The molecule has 0 aliphatic carbocycles. The third-order valence-corrected chi connectivity index (χ3v) is 6.46. The number of piperidine rings is 1. The van der Waals surface area contributed by atoms with Crippen molar-refractivity contribution in [3.63, 3.8) is 0 Å². The summed E-state index contributed by atoms with van der Waals surface area (Å²) in [7, 11) is 0. The van der Waals surface area contributed by atoms with Crippen LogP contribution in [0.2, 0.25) is 0 Å². The molecule has 0 radical (unpaired) electrons. The number of hydrogen-bond acceptors (Lipinski definition) is 6. The van der Waals surface area contributed by atoms with Crippen molar-refractivity contribution in [3.8, 4) is 0 Å². The van der Waals surface area contributed by atoms with Gasteiger partial charge >= 0.3 is 6.09 Å². The van der Waals surface area contributed by atoms with Gasteiger partial charge in [0.05, 0.1) is 17.9 Å². The summed E-state index contributed by atoms with van der Waals surface area (Å²) in [5.74, 6) is 0.533. The van der Waals surface area contributed by atoms with Crippen LogP contribution in [0.3, 0.4) is 0 Å². The van der Waals surface area contributed by atoms with E-state index in [2.05, 4.69) is 29.1 Å². The third-order valence-electron chi connectivity index (χ3n) is 5.49. The first-order chi connectivity index (χ1) is 15.3. The number of thioether (sulfide) groups is 1. The Bertz CT molecular complexity index is 1010. The Kier molecular flexibility index (Phi) is 8.22. The van der Waals surface area contributed by atoms with Gasteiger partial charge in [-0.2, -0.15) is 0 Å². The molecule has 1 fully saturated rings. The van der Waals surface area contributed by atoms with Crippen molar-refractivity contribution in [1.82, 2.24) is 24.8 Å². The Hall–Kier alpha value is -2.49. The Morgan fingerprint density at radius 2 is 2.06 bits per heavy atom. The molecule has 0 bridgehead atoms.